The maximum atomic E-state index is 11.0. The molecule has 0 radical (unpaired) electrons. The minimum Gasteiger partial charge on any atom is -0.446 e. The Balaban J connectivity index is 1.87. The third kappa shape index (κ3) is 5.69. The van der Waals surface area contributed by atoms with Crippen LogP contribution in [0.2, 0.25) is 0 Å². The second-order valence-corrected chi connectivity index (χ2v) is 5.11. The molecular formula is C18H21NO2. The molecule has 21 heavy (non-hydrogen) atoms. The van der Waals surface area contributed by atoms with Gasteiger partial charge >= 0.3 is 6.09 Å². The molecule has 2 aromatic rings. The quantitative estimate of drug-likeness (QED) is 0.842. The number of hydrogen-bond acceptors (Lipinski definition) is 2. The van der Waals surface area contributed by atoms with E-state index in [9.17, 15) is 4.79 Å². The highest BCUT2D eigenvalue weighted by atomic mass is 16.6. The van der Waals surface area contributed by atoms with Crippen LogP contribution in [0.15, 0.2) is 60.7 Å². The molecule has 0 atom stereocenters. The summed E-state index contributed by atoms with van der Waals surface area (Å²) in [6.45, 7) is 0. The number of hydrogen-bond donors (Lipinski definition) is 1. The fraction of sp³-hybridized carbons (Fsp3) is 0.278. The van der Waals surface area contributed by atoms with Crippen LogP contribution in [0, 0.1) is 0 Å². The van der Waals surface area contributed by atoms with Crippen LogP contribution in [0.4, 0.5) is 4.79 Å². The zero-order valence-electron chi connectivity index (χ0n) is 12.1. The molecule has 0 aliphatic rings. The zero-order valence-corrected chi connectivity index (χ0v) is 12.1. The molecule has 3 heteroatoms. The largest absolute Gasteiger partial charge is 0.446 e. The second kappa shape index (κ2) is 8.10. The van der Waals surface area contributed by atoms with Gasteiger partial charge in [-0.2, -0.15) is 0 Å². The van der Waals surface area contributed by atoms with Crippen molar-refractivity contribution in [3.8, 4) is 0 Å². The molecule has 0 fully saturated rings. The van der Waals surface area contributed by atoms with Gasteiger partial charge in [-0.1, -0.05) is 60.7 Å². The van der Waals surface area contributed by atoms with Crippen LogP contribution in [0.1, 0.15) is 24.0 Å². The molecule has 0 saturated heterocycles. The lowest BCUT2D eigenvalue weighted by atomic mass is 10.0. The summed E-state index contributed by atoms with van der Waals surface area (Å²) in [6, 6.07) is 20.4. The van der Waals surface area contributed by atoms with E-state index in [1.54, 1.807) is 0 Å². The molecular weight excluding hydrogens is 262 g/mol. The van der Waals surface area contributed by atoms with E-state index in [1.165, 1.54) is 11.1 Å². The predicted molar refractivity (Wildman–Crippen MR) is 84.0 cm³/mol. The number of primary amides is 1. The first-order valence-corrected chi connectivity index (χ1v) is 7.28. The monoisotopic (exact) mass is 283 g/mol. The van der Waals surface area contributed by atoms with Gasteiger partial charge in [0.1, 0.15) is 6.10 Å². The Morgan fingerprint density at radius 2 is 1.29 bits per heavy atom. The predicted octanol–water partition coefficient (Wildman–Crippen LogP) is 3.72. The van der Waals surface area contributed by atoms with E-state index in [-0.39, 0.29) is 6.10 Å². The molecule has 0 bridgehead atoms. The van der Waals surface area contributed by atoms with E-state index in [1.807, 2.05) is 36.4 Å². The summed E-state index contributed by atoms with van der Waals surface area (Å²) in [6.07, 6.45) is 2.52. The summed E-state index contributed by atoms with van der Waals surface area (Å²) in [5.41, 5.74) is 7.66. The Labute approximate surface area is 125 Å². The van der Waals surface area contributed by atoms with Crippen molar-refractivity contribution in [1.82, 2.24) is 0 Å². The fourth-order valence-electron chi connectivity index (χ4n) is 2.37. The number of nitrogens with two attached hydrogens (primary N) is 1. The average Bonchev–Trinajstić information content (AvgIpc) is 2.51. The van der Waals surface area contributed by atoms with Gasteiger partial charge < -0.3 is 10.5 Å². The first kappa shape index (κ1) is 15.1. The summed E-state index contributed by atoms with van der Waals surface area (Å²) < 4.78 is 5.23. The fourth-order valence-corrected chi connectivity index (χ4v) is 2.37. The number of aryl methyl sites for hydroxylation is 2. The first-order valence-electron chi connectivity index (χ1n) is 7.28. The lowest BCUT2D eigenvalue weighted by Gasteiger charge is -2.16. The Hall–Kier alpha value is -2.29. The van der Waals surface area contributed by atoms with E-state index < -0.39 is 6.09 Å². The number of amides is 1. The number of ether oxygens (including phenoxy) is 1. The minimum absolute atomic E-state index is 0.136. The van der Waals surface area contributed by atoms with Gasteiger partial charge in [0.15, 0.2) is 0 Å². The number of rotatable bonds is 7. The topological polar surface area (TPSA) is 52.3 Å². The Morgan fingerprint density at radius 3 is 1.67 bits per heavy atom. The summed E-state index contributed by atoms with van der Waals surface area (Å²) in [5.74, 6) is 0. The minimum atomic E-state index is -0.693. The lowest BCUT2D eigenvalue weighted by Crippen LogP contribution is -2.24. The van der Waals surface area contributed by atoms with Gasteiger partial charge in [0.2, 0.25) is 0 Å². The zero-order chi connectivity index (χ0) is 14.9. The van der Waals surface area contributed by atoms with Crippen molar-refractivity contribution in [2.75, 3.05) is 0 Å². The summed E-state index contributed by atoms with van der Waals surface area (Å²) in [5, 5.41) is 0. The molecule has 2 N–H and O–H groups in total. The lowest BCUT2D eigenvalue weighted by molar-refractivity contribution is 0.0961. The van der Waals surface area contributed by atoms with Crippen LogP contribution >= 0.6 is 0 Å². The highest BCUT2D eigenvalue weighted by Crippen LogP contribution is 2.13. The Morgan fingerprint density at radius 1 is 0.857 bits per heavy atom. The molecule has 0 heterocycles. The van der Waals surface area contributed by atoms with Gasteiger partial charge in [-0.3, -0.25) is 0 Å². The van der Waals surface area contributed by atoms with Gasteiger partial charge in [-0.25, -0.2) is 4.79 Å². The third-order valence-corrected chi connectivity index (χ3v) is 3.48. The van der Waals surface area contributed by atoms with Gasteiger partial charge in [0.25, 0.3) is 0 Å². The maximum Gasteiger partial charge on any atom is 0.404 e. The molecule has 1 amide bonds. The van der Waals surface area contributed by atoms with Crippen molar-refractivity contribution in [2.24, 2.45) is 5.73 Å². The Kier molecular flexibility index (Phi) is 5.83. The normalized spacial score (nSPS) is 10.5. The van der Waals surface area contributed by atoms with Gasteiger partial charge in [0.05, 0.1) is 0 Å². The van der Waals surface area contributed by atoms with E-state index >= 15 is 0 Å². The van der Waals surface area contributed by atoms with Crippen molar-refractivity contribution in [3.05, 3.63) is 71.8 Å². The van der Waals surface area contributed by atoms with Gasteiger partial charge in [-0.15, -0.1) is 0 Å². The second-order valence-electron chi connectivity index (χ2n) is 5.11. The summed E-state index contributed by atoms with van der Waals surface area (Å²) in [7, 11) is 0. The number of carbonyl (C=O) groups excluding carboxylic acids is 1. The maximum absolute atomic E-state index is 11.0. The molecule has 0 unspecified atom stereocenters. The molecule has 110 valence electrons. The summed E-state index contributed by atoms with van der Waals surface area (Å²) >= 11 is 0. The van der Waals surface area contributed by atoms with Crippen molar-refractivity contribution in [2.45, 2.75) is 31.8 Å². The van der Waals surface area contributed by atoms with Gasteiger partial charge in [0, 0.05) is 0 Å². The van der Waals surface area contributed by atoms with Crippen molar-refractivity contribution >= 4 is 6.09 Å². The smallest absolute Gasteiger partial charge is 0.404 e. The van der Waals surface area contributed by atoms with Crippen LogP contribution in [0.5, 0.6) is 0 Å². The SMILES string of the molecule is NC(=O)OC(CCc1ccccc1)CCc1ccccc1. The molecule has 0 aromatic heterocycles. The highest BCUT2D eigenvalue weighted by molar-refractivity contribution is 5.64. The van der Waals surface area contributed by atoms with Crippen LogP contribution in [0.3, 0.4) is 0 Å². The molecule has 2 aromatic carbocycles. The Bertz CT molecular complexity index is 496. The van der Waals surface area contributed by atoms with Gasteiger partial charge in [-0.05, 0) is 36.8 Å². The van der Waals surface area contributed by atoms with Crippen LogP contribution < -0.4 is 5.73 Å². The van der Waals surface area contributed by atoms with Crippen molar-refractivity contribution < 1.29 is 9.53 Å². The highest BCUT2D eigenvalue weighted by Gasteiger charge is 2.13. The van der Waals surface area contributed by atoms with Crippen LogP contribution in [0.25, 0.3) is 0 Å². The summed E-state index contributed by atoms with van der Waals surface area (Å²) in [4.78, 5) is 11.0. The number of benzene rings is 2. The van der Waals surface area contributed by atoms with E-state index in [0.717, 1.165) is 25.7 Å². The molecule has 0 saturated carbocycles. The average molecular weight is 283 g/mol. The molecule has 0 spiro atoms. The van der Waals surface area contributed by atoms with E-state index in [2.05, 4.69) is 24.3 Å². The standard InChI is InChI=1S/C18H21NO2/c19-18(20)21-17(13-11-15-7-3-1-4-8-15)14-12-16-9-5-2-6-10-16/h1-10,17H,11-14H2,(H2,19,20). The van der Waals surface area contributed by atoms with Crippen molar-refractivity contribution in [3.63, 3.8) is 0 Å². The number of carbonyl (C=O) groups is 1. The van der Waals surface area contributed by atoms with Crippen molar-refractivity contribution in [1.29, 1.82) is 0 Å². The molecule has 2 rings (SSSR count). The molecule has 3 nitrogen and oxygen atoms in total. The third-order valence-electron chi connectivity index (χ3n) is 3.48. The van der Waals surface area contributed by atoms with Crippen LogP contribution in [-0.4, -0.2) is 12.2 Å². The first-order chi connectivity index (χ1) is 10.2. The molecule has 0 aliphatic carbocycles. The van der Waals surface area contributed by atoms with E-state index in [0.29, 0.717) is 0 Å². The molecule has 0 aliphatic heterocycles. The van der Waals surface area contributed by atoms with E-state index in [4.69, 9.17) is 10.5 Å². The van der Waals surface area contributed by atoms with Crippen LogP contribution in [-0.2, 0) is 17.6 Å².